The molecular formula is C12H22N2O2. The van der Waals surface area contributed by atoms with Crippen LogP contribution in [0.4, 0.5) is 0 Å². The second-order valence-corrected chi connectivity index (χ2v) is 5.27. The average Bonchev–Trinajstić information content (AvgIpc) is 2.25. The number of hydrogen-bond acceptors (Lipinski definition) is 3. The maximum absolute atomic E-state index is 11.6. The predicted molar refractivity (Wildman–Crippen MR) is 62.0 cm³/mol. The van der Waals surface area contributed by atoms with Crippen LogP contribution >= 0.6 is 0 Å². The van der Waals surface area contributed by atoms with Gasteiger partial charge in [0.2, 0.25) is 5.91 Å². The van der Waals surface area contributed by atoms with Gasteiger partial charge in [-0.15, -0.1) is 0 Å². The van der Waals surface area contributed by atoms with E-state index in [-0.39, 0.29) is 5.91 Å². The van der Waals surface area contributed by atoms with Crippen molar-refractivity contribution in [1.82, 2.24) is 10.6 Å². The normalized spacial score (nSPS) is 28.2. The van der Waals surface area contributed by atoms with E-state index in [0.717, 1.165) is 38.8 Å². The van der Waals surface area contributed by atoms with Gasteiger partial charge < -0.3 is 15.7 Å². The van der Waals surface area contributed by atoms with Gasteiger partial charge in [-0.05, 0) is 51.1 Å². The van der Waals surface area contributed by atoms with Crippen LogP contribution in [-0.4, -0.2) is 36.2 Å². The summed E-state index contributed by atoms with van der Waals surface area (Å²) in [4.78, 5) is 11.6. The molecule has 1 saturated heterocycles. The van der Waals surface area contributed by atoms with Gasteiger partial charge in [0.1, 0.15) is 0 Å². The molecule has 92 valence electrons. The molecule has 1 heterocycles. The molecule has 1 unspecified atom stereocenters. The van der Waals surface area contributed by atoms with Crippen molar-refractivity contribution in [3.8, 4) is 0 Å². The highest BCUT2D eigenvalue weighted by molar-refractivity contribution is 5.76. The highest BCUT2D eigenvalue weighted by Crippen LogP contribution is 2.30. The summed E-state index contributed by atoms with van der Waals surface area (Å²) in [5.74, 6) is 0.568. The monoisotopic (exact) mass is 226 g/mol. The minimum absolute atomic E-state index is 0.0917. The van der Waals surface area contributed by atoms with Crippen LogP contribution in [0.2, 0.25) is 0 Å². The summed E-state index contributed by atoms with van der Waals surface area (Å²) in [6, 6.07) is 0. The summed E-state index contributed by atoms with van der Waals surface area (Å²) < 4.78 is 0. The van der Waals surface area contributed by atoms with Crippen LogP contribution in [0, 0.1) is 5.92 Å². The number of rotatable bonds is 4. The number of aliphatic hydroxyl groups is 1. The molecule has 1 aliphatic carbocycles. The quantitative estimate of drug-likeness (QED) is 0.650. The first kappa shape index (κ1) is 11.9. The fourth-order valence-electron chi connectivity index (χ4n) is 2.46. The molecule has 0 radical (unpaired) electrons. The molecule has 0 aromatic heterocycles. The van der Waals surface area contributed by atoms with Gasteiger partial charge in [0.15, 0.2) is 0 Å². The van der Waals surface area contributed by atoms with Gasteiger partial charge in [-0.25, -0.2) is 0 Å². The van der Waals surface area contributed by atoms with Crippen molar-refractivity contribution in [2.45, 2.75) is 44.1 Å². The van der Waals surface area contributed by atoms with E-state index in [1.165, 1.54) is 6.42 Å². The fraction of sp³-hybridized carbons (Fsp3) is 0.917. The molecule has 4 heteroatoms. The van der Waals surface area contributed by atoms with E-state index in [1.54, 1.807) is 0 Å². The first-order valence-electron chi connectivity index (χ1n) is 6.38. The van der Waals surface area contributed by atoms with Gasteiger partial charge in [-0.2, -0.15) is 0 Å². The third-order valence-electron chi connectivity index (χ3n) is 3.77. The molecule has 0 spiro atoms. The Kier molecular flexibility index (Phi) is 3.82. The van der Waals surface area contributed by atoms with E-state index in [0.29, 0.717) is 18.9 Å². The number of nitrogens with one attached hydrogen (secondary N) is 2. The van der Waals surface area contributed by atoms with Crippen molar-refractivity contribution in [3.63, 3.8) is 0 Å². The number of piperidine rings is 1. The molecule has 1 atom stereocenters. The van der Waals surface area contributed by atoms with Crippen LogP contribution in [0.3, 0.4) is 0 Å². The Labute approximate surface area is 96.8 Å². The fourth-order valence-corrected chi connectivity index (χ4v) is 2.46. The minimum Gasteiger partial charge on any atom is -0.388 e. The molecule has 3 N–H and O–H groups in total. The standard InChI is InChI=1S/C12H22N2O2/c15-11(7-10-3-1-6-13-8-10)14-9-12(16)4-2-5-12/h10,13,16H,1-9H2,(H,14,15). The summed E-state index contributed by atoms with van der Waals surface area (Å²) >= 11 is 0. The second-order valence-electron chi connectivity index (χ2n) is 5.27. The molecular weight excluding hydrogens is 204 g/mol. The SMILES string of the molecule is O=C(CC1CCCNC1)NCC1(O)CCC1. The van der Waals surface area contributed by atoms with E-state index in [4.69, 9.17) is 0 Å². The topological polar surface area (TPSA) is 61.4 Å². The largest absolute Gasteiger partial charge is 0.388 e. The average molecular weight is 226 g/mol. The van der Waals surface area contributed by atoms with E-state index >= 15 is 0 Å². The lowest BCUT2D eigenvalue weighted by Crippen LogP contribution is -2.48. The Balaban J connectivity index is 1.63. The van der Waals surface area contributed by atoms with E-state index in [1.807, 2.05) is 0 Å². The second kappa shape index (κ2) is 5.15. The Morgan fingerprint density at radius 3 is 2.81 bits per heavy atom. The van der Waals surface area contributed by atoms with Gasteiger partial charge >= 0.3 is 0 Å². The number of carbonyl (C=O) groups is 1. The predicted octanol–water partition coefficient (Wildman–Crippen LogP) is 0.407. The molecule has 1 amide bonds. The lowest BCUT2D eigenvalue weighted by Gasteiger charge is -2.36. The van der Waals surface area contributed by atoms with Crippen LogP contribution in [0.25, 0.3) is 0 Å². The maximum atomic E-state index is 11.6. The van der Waals surface area contributed by atoms with E-state index < -0.39 is 5.60 Å². The van der Waals surface area contributed by atoms with Gasteiger partial charge in [0.25, 0.3) is 0 Å². The zero-order chi connectivity index (χ0) is 11.4. The van der Waals surface area contributed by atoms with E-state index in [9.17, 15) is 9.90 Å². The number of amides is 1. The minimum atomic E-state index is -0.597. The zero-order valence-corrected chi connectivity index (χ0v) is 9.80. The zero-order valence-electron chi connectivity index (χ0n) is 9.80. The van der Waals surface area contributed by atoms with Crippen LogP contribution in [0.15, 0.2) is 0 Å². The van der Waals surface area contributed by atoms with Crippen molar-refractivity contribution in [2.24, 2.45) is 5.92 Å². The summed E-state index contributed by atoms with van der Waals surface area (Å²) in [5.41, 5.74) is -0.597. The molecule has 0 bridgehead atoms. The van der Waals surface area contributed by atoms with Crippen LogP contribution in [0.1, 0.15) is 38.5 Å². The molecule has 1 saturated carbocycles. The molecule has 4 nitrogen and oxygen atoms in total. The van der Waals surface area contributed by atoms with Crippen LogP contribution in [0.5, 0.6) is 0 Å². The summed E-state index contributed by atoms with van der Waals surface area (Å²) in [6.07, 6.45) is 5.66. The molecule has 1 aliphatic heterocycles. The molecule has 16 heavy (non-hydrogen) atoms. The Morgan fingerprint density at radius 2 is 2.25 bits per heavy atom. The van der Waals surface area contributed by atoms with Crippen molar-refractivity contribution >= 4 is 5.91 Å². The molecule has 2 rings (SSSR count). The smallest absolute Gasteiger partial charge is 0.220 e. The highest BCUT2D eigenvalue weighted by Gasteiger charge is 2.34. The van der Waals surface area contributed by atoms with Crippen LogP contribution < -0.4 is 10.6 Å². The first-order valence-corrected chi connectivity index (χ1v) is 6.38. The van der Waals surface area contributed by atoms with Crippen molar-refractivity contribution in [2.75, 3.05) is 19.6 Å². The van der Waals surface area contributed by atoms with Crippen molar-refractivity contribution < 1.29 is 9.90 Å². The van der Waals surface area contributed by atoms with Crippen LogP contribution in [-0.2, 0) is 4.79 Å². The first-order chi connectivity index (χ1) is 7.68. The van der Waals surface area contributed by atoms with Crippen molar-refractivity contribution in [1.29, 1.82) is 0 Å². The summed E-state index contributed by atoms with van der Waals surface area (Å²) in [5, 5.41) is 16.0. The van der Waals surface area contributed by atoms with Crippen molar-refractivity contribution in [3.05, 3.63) is 0 Å². The van der Waals surface area contributed by atoms with Gasteiger partial charge in [-0.3, -0.25) is 4.79 Å². The summed E-state index contributed by atoms with van der Waals surface area (Å²) in [7, 11) is 0. The molecule has 0 aromatic rings. The third kappa shape index (κ3) is 3.19. The Bertz CT molecular complexity index is 245. The Morgan fingerprint density at radius 1 is 1.44 bits per heavy atom. The van der Waals surface area contributed by atoms with Gasteiger partial charge in [0.05, 0.1) is 5.60 Å². The lowest BCUT2D eigenvalue weighted by atomic mass is 9.80. The van der Waals surface area contributed by atoms with E-state index in [2.05, 4.69) is 10.6 Å². The molecule has 0 aromatic carbocycles. The number of carbonyl (C=O) groups excluding carboxylic acids is 1. The third-order valence-corrected chi connectivity index (χ3v) is 3.77. The highest BCUT2D eigenvalue weighted by atomic mass is 16.3. The summed E-state index contributed by atoms with van der Waals surface area (Å²) in [6.45, 7) is 2.47. The molecule has 2 aliphatic rings. The molecule has 2 fully saturated rings. The van der Waals surface area contributed by atoms with Gasteiger partial charge in [0, 0.05) is 13.0 Å². The number of hydrogen-bond donors (Lipinski definition) is 3. The maximum Gasteiger partial charge on any atom is 0.220 e. The Hall–Kier alpha value is -0.610. The lowest BCUT2D eigenvalue weighted by molar-refractivity contribution is -0.124. The van der Waals surface area contributed by atoms with Gasteiger partial charge in [-0.1, -0.05) is 0 Å².